The minimum atomic E-state index is 0.518. The number of halogens is 1. The topological polar surface area (TPSA) is 68.3 Å². The van der Waals surface area contributed by atoms with E-state index in [0.717, 1.165) is 50.6 Å². The zero-order chi connectivity index (χ0) is 20.6. The highest BCUT2D eigenvalue weighted by Gasteiger charge is 2.15. The maximum absolute atomic E-state index is 6.28. The first-order chi connectivity index (χ1) is 14.8. The fraction of sp³-hybridized carbons (Fsp3) is 0.565. The monoisotopic (exact) mass is 430 g/mol. The van der Waals surface area contributed by atoms with Crippen LogP contribution in [0.25, 0.3) is 0 Å². The Balaban J connectivity index is 1.29. The molecule has 162 valence electrons. The maximum Gasteiger partial charge on any atom is 0.229 e. The molecular weight excluding hydrogens is 400 g/mol. The minimum absolute atomic E-state index is 0.518. The van der Waals surface area contributed by atoms with Crippen molar-refractivity contribution in [3.05, 3.63) is 35.5 Å². The lowest BCUT2D eigenvalue weighted by molar-refractivity contribution is 0.0699. The Morgan fingerprint density at radius 1 is 1.00 bits per heavy atom. The predicted molar refractivity (Wildman–Crippen MR) is 121 cm³/mol. The first-order valence-corrected chi connectivity index (χ1v) is 11.5. The molecule has 2 aliphatic rings. The Labute approximate surface area is 183 Å². The van der Waals surface area contributed by atoms with E-state index in [9.17, 15) is 0 Å². The van der Waals surface area contributed by atoms with Gasteiger partial charge in [-0.2, -0.15) is 4.98 Å². The highest BCUT2D eigenvalue weighted by Crippen LogP contribution is 2.26. The zero-order valence-corrected chi connectivity index (χ0v) is 18.2. The van der Waals surface area contributed by atoms with E-state index >= 15 is 0 Å². The zero-order valence-electron chi connectivity index (χ0n) is 17.4. The second-order valence-electron chi connectivity index (χ2n) is 8.29. The predicted octanol–water partition coefficient (Wildman–Crippen LogP) is 5.67. The number of hydrogen-bond donors (Lipinski definition) is 2. The number of aromatic nitrogens is 2. The number of benzene rings is 1. The van der Waals surface area contributed by atoms with Crippen LogP contribution in [0.1, 0.15) is 44.9 Å². The lowest BCUT2D eigenvalue weighted by atomic mass is 9.90. The van der Waals surface area contributed by atoms with E-state index in [1.165, 1.54) is 32.1 Å². The molecule has 1 aromatic heterocycles. The molecule has 7 heteroatoms. The van der Waals surface area contributed by atoms with Crippen LogP contribution in [0.5, 0.6) is 5.75 Å². The molecule has 1 aliphatic heterocycles. The van der Waals surface area contributed by atoms with Gasteiger partial charge in [-0.15, -0.1) is 0 Å². The molecule has 30 heavy (non-hydrogen) atoms. The summed E-state index contributed by atoms with van der Waals surface area (Å²) in [6.07, 6.45) is 10.4. The molecule has 6 nitrogen and oxygen atoms in total. The highest BCUT2D eigenvalue weighted by molar-refractivity contribution is 6.32. The summed E-state index contributed by atoms with van der Waals surface area (Å²) in [5, 5.41) is 7.14. The van der Waals surface area contributed by atoms with Crippen molar-refractivity contribution in [2.75, 3.05) is 37.0 Å². The van der Waals surface area contributed by atoms with Crippen molar-refractivity contribution < 1.29 is 9.47 Å². The van der Waals surface area contributed by atoms with E-state index in [0.29, 0.717) is 28.6 Å². The summed E-state index contributed by atoms with van der Waals surface area (Å²) >= 11 is 6.28. The van der Waals surface area contributed by atoms with Crippen molar-refractivity contribution in [3.63, 3.8) is 0 Å². The summed E-state index contributed by atoms with van der Waals surface area (Å²) in [5.74, 6) is 3.37. The molecule has 4 rings (SSSR count). The van der Waals surface area contributed by atoms with Crippen LogP contribution in [0.3, 0.4) is 0 Å². The van der Waals surface area contributed by atoms with Gasteiger partial charge in [-0.3, -0.25) is 0 Å². The third-order valence-electron chi connectivity index (χ3n) is 5.96. The smallest absolute Gasteiger partial charge is 0.229 e. The number of nitrogens with one attached hydrogen (secondary N) is 2. The molecule has 1 aliphatic carbocycles. The fourth-order valence-electron chi connectivity index (χ4n) is 4.07. The van der Waals surface area contributed by atoms with Crippen LogP contribution in [-0.4, -0.2) is 36.3 Å². The van der Waals surface area contributed by atoms with Crippen molar-refractivity contribution in [3.8, 4) is 5.75 Å². The minimum Gasteiger partial charge on any atom is -0.493 e. The average Bonchev–Trinajstić information content (AvgIpc) is 2.80. The molecule has 0 spiro atoms. The molecule has 0 atom stereocenters. The quantitative estimate of drug-likeness (QED) is 0.562. The number of nitrogens with zero attached hydrogens (tertiary/aromatic N) is 2. The van der Waals surface area contributed by atoms with E-state index in [4.69, 9.17) is 21.1 Å². The maximum atomic E-state index is 6.28. The second kappa shape index (κ2) is 10.8. The molecule has 2 N–H and O–H groups in total. The molecule has 1 saturated heterocycles. The molecule has 0 amide bonds. The Bertz CT molecular complexity index is 790. The molecular formula is C23H31ClN4O2. The van der Waals surface area contributed by atoms with Gasteiger partial charge in [0.1, 0.15) is 10.8 Å². The van der Waals surface area contributed by atoms with Gasteiger partial charge in [0.2, 0.25) is 5.95 Å². The van der Waals surface area contributed by atoms with Crippen molar-refractivity contribution in [1.82, 2.24) is 9.97 Å². The molecule has 1 saturated carbocycles. The van der Waals surface area contributed by atoms with E-state index in [-0.39, 0.29) is 0 Å². The molecule has 1 aromatic carbocycles. The lowest BCUT2D eigenvalue weighted by Gasteiger charge is -2.22. The first kappa shape index (κ1) is 21.2. The van der Waals surface area contributed by atoms with Gasteiger partial charge in [0.05, 0.1) is 12.8 Å². The summed E-state index contributed by atoms with van der Waals surface area (Å²) in [7, 11) is 0. The SMILES string of the molecule is Clc1cnc(Nc2ccc(OCC3CCCCC3)cc2)nc1NCC1CCOCC1. The molecule has 0 unspecified atom stereocenters. The Morgan fingerprint density at radius 2 is 1.77 bits per heavy atom. The normalized spacial score (nSPS) is 18.2. The van der Waals surface area contributed by atoms with Crippen molar-refractivity contribution in [1.29, 1.82) is 0 Å². The third kappa shape index (κ3) is 6.22. The van der Waals surface area contributed by atoms with Gasteiger partial charge in [0, 0.05) is 25.4 Å². The van der Waals surface area contributed by atoms with Crippen molar-refractivity contribution in [2.45, 2.75) is 44.9 Å². The molecule has 2 aromatic rings. The van der Waals surface area contributed by atoms with Gasteiger partial charge in [-0.05, 0) is 61.8 Å². The molecule has 0 radical (unpaired) electrons. The third-order valence-corrected chi connectivity index (χ3v) is 6.24. The van der Waals surface area contributed by atoms with E-state index in [2.05, 4.69) is 20.6 Å². The Hall–Kier alpha value is -2.05. The van der Waals surface area contributed by atoms with Crippen LogP contribution >= 0.6 is 11.6 Å². The summed E-state index contributed by atoms with van der Waals surface area (Å²) in [6, 6.07) is 7.96. The molecule has 2 fully saturated rings. The number of anilines is 3. The van der Waals surface area contributed by atoms with Gasteiger partial charge in [0.15, 0.2) is 5.82 Å². The summed E-state index contributed by atoms with van der Waals surface area (Å²) in [6.45, 7) is 3.32. The Kier molecular flexibility index (Phi) is 7.65. The van der Waals surface area contributed by atoms with E-state index < -0.39 is 0 Å². The fourth-order valence-corrected chi connectivity index (χ4v) is 4.23. The number of ether oxygens (including phenoxy) is 2. The molecule has 0 bridgehead atoms. The first-order valence-electron chi connectivity index (χ1n) is 11.1. The van der Waals surface area contributed by atoms with Gasteiger partial charge in [-0.25, -0.2) is 4.98 Å². The lowest BCUT2D eigenvalue weighted by Crippen LogP contribution is -2.23. The van der Waals surface area contributed by atoms with Crippen LogP contribution in [0, 0.1) is 11.8 Å². The summed E-state index contributed by atoms with van der Waals surface area (Å²) < 4.78 is 11.4. The van der Waals surface area contributed by atoms with Gasteiger partial charge < -0.3 is 20.1 Å². The van der Waals surface area contributed by atoms with Crippen molar-refractivity contribution >= 4 is 29.1 Å². The van der Waals surface area contributed by atoms with Crippen LogP contribution in [0.2, 0.25) is 5.02 Å². The van der Waals surface area contributed by atoms with Gasteiger partial charge in [-0.1, -0.05) is 30.9 Å². The second-order valence-corrected chi connectivity index (χ2v) is 8.70. The largest absolute Gasteiger partial charge is 0.493 e. The van der Waals surface area contributed by atoms with E-state index in [1.807, 2.05) is 24.3 Å². The van der Waals surface area contributed by atoms with Crippen LogP contribution < -0.4 is 15.4 Å². The van der Waals surface area contributed by atoms with E-state index in [1.54, 1.807) is 6.20 Å². The van der Waals surface area contributed by atoms with Crippen molar-refractivity contribution in [2.24, 2.45) is 11.8 Å². The van der Waals surface area contributed by atoms with Gasteiger partial charge in [0.25, 0.3) is 0 Å². The van der Waals surface area contributed by atoms with Crippen LogP contribution in [-0.2, 0) is 4.74 Å². The Morgan fingerprint density at radius 3 is 2.53 bits per heavy atom. The average molecular weight is 431 g/mol. The van der Waals surface area contributed by atoms with Gasteiger partial charge >= 0.3 is 0 Å². The number of hydrogen-bond acceptors (Lipinski definition) is 6. The summed E-state index contributed by atoms with van der Waals surface area (Å²) in [5.41, 5.74) is 0.915. The van der Waals surface area contributed by atoms with Crippen LogP contribution in [0.15, 0.2) is 30.5 Å². The molecule has 2 heterocycles. The highest BCUT2D eigenvalue weighted by atomic mass is 35.5. The summed E-state index contributed by atoms with van der Waals surface area (Å²) in [4.78, 5) is 8.85. The van der Waals surface area contributed by atoms with Crippen LogP contribution in [0.4, 0.5) is 17.5 Å². The number of rotatable bonds is 8. The standard InChI is InChI=1S/C23H31ClN4O2/c24-21-15-26-23(28-22(21)25-14-17-10-12-29-13-11-17)27-19-6-8-20(9-7-19)30-16-18-4-2-1-3-5-18/h6-9,15,17-18H,1-5,10-14,16H2,(H2,25,26,27,28).